The van der Waals surface area contributed by atoms with E-state index in [4.69, 9.17) is 22.4 Å². The highest BCUT2D eigenvalue weighted by atomic mass is 35.5. The van der Waals surface area contributed by atoms with Gasteiger partial charge in [0.15, 0.2) is 0 Å². The Morgan fingerprint density at radius 1 is 1.44 bits per heavy atom. The molecule has 0 bridgehead atoms. The number of nitrogens with one attached hydrogen (secondary N) is 1. The molecular formula is C9H11ClF2N2O3S. The molecule has 0 saturated heterocycles. The van der Waals surface area contributed by atoms with Gasteiger partial charge in [-0.15, -0.1) is 0 Å². The highest BCUT2D eigenvalue weighted by Crippen LogP contribution is 2.24. The average molecular weight is 301 g/mol. The van der Waals surface area contributed by atoms with E-state index in [2.05, 4.69) is 0 Å². The minimum Gasteiger partial charge on any atom is -0.399 e. The van der Waals surface area contributed by atoms with Crippen LogP contribution in [0.2, 0.25) is 5.02 Å². The Labute approximate surface area is 108 Å². The van der Waals surface area contributed by atoms with Crippen LogP contribution in [0.15, 0.2) is 23.1 Å². The molecule has 0 heterocycles. The van der Waals surface area contributed by atoms with Crippen LogP contribution in [0.25, 0.3) is 0 Å². The molecule has 18 heavy (non-hydrogen) atoms. The van der Waals surface area contributed by atoms with E-state index in [0.29, 0.717) is 0 Å². The zero-order valence-corrected chi connectivity index (χ0v) is 10.6. The number of aliphatic hydroxyl groups is 1. The summed E-state index contributed by atoms with van der Waals surface area (Å²) in [5.74, 6) is -3.54. The molecule has 0 unspecified atom stereocenters. The number of hydrogen-bond donors (Lipinski definition) is 3. The number of sulfonamides is 1. The molecule has 0 radical (unpaired) electrons. The summed E-state index contributed by atoms with van der Waals surface area (Å²) < 4.78 is 50.5. The van der Waals surface area contributed by atoms with Crippen molar-refractivity contribution in [2.75, 3.05) is 18.9 Å². The van der Waals surface area contributed by atoms with Crippen molar-refractivity contribution in [2.45, 2.75) is 10.8 Å². The van der Waals surface area contributed by atoms with E-state index in [0.717, 1.165) is 6.07 Å². The number of aliphatic hydroxyl groups excluding tert-OH is 1. The van der Waals surface area contributed by atoms with Crippen molar-refractivity contribution in [1.29, 1.82) is 0 Å². The Morgan fingerprint density at radius 2 is 2.06 bits per heavy atom. The van der Waals surface area contributed by atoms with Crippen molar-refractivity contribution in [2.24, 2.45) is 0 Å². The minimum absolute atomic E-state index is 0.133. The quantitative estimate of drug-likeness (QED) is 0.702. The summed E-state index contributed by atoms with van der Waals surface area (Å²) in [5, 5.41) is 8.19. The monoisotopic (exact) mass is 300 g/mol. The van der Waals surface area contributed by atoms with Crippen LogP contribution in [0.5, 0.6) is 0 Å². The van der Waals surface area contributed by atoms with Crippen LogP contribution in [-0.2, 0) is 10.0 Å². The largest absolute Gasteiger partial charge is 0.399 e. The van der Waals surface area contributed by atoms with Gasteiger partial charge in [0.05, 0.1) is 11.6 Å². The third-order valence-electron chi connectivity index (χ3n) is 2.00. The third-order valence-corrected chi connectivity index (χ3v) is 3.88. The first-order valence-electron chi connectivity index (χ1n) is 4.71. The second-order valence-corrected chi connectivity index (χ2v) is 5.67. The lowest BCUT2D eigenvalue weighted by molar-refractivity contribution is -0.0437. The van der Waals surface area contributed by atoms with Crippen LogP contribution in [-0.4, -0.2) is 32.6 Å². The van der Waals surface area contributed by atoms with E-state index in [-0.39, 0.29) is 10.7 Å². The van der Waals surface area contributed by atoms with Crippen molar-refractivity contribution in [3.05, 3.63) is 23.2 Å². The van der Waals surface area contributed by atoms with Crippen molar-refractivity contribution in [1.82, 2.24) is 4.72 Å². The molecule has 0 aliphatic carbocycles. The second-order valence-electron chi connectivity index (χ2n) is 3.53. The van der Waals surface area contributed by atoms with E-state index in [1.165, 1.54) is 12.1 Å². The van der Waals surface area contributed by atoms with Gasteiger partial charge in [-0.3, -0.25) is 0 Å². The van der Waals surface area contributed by atoms with E-state index in [1.54, 1.807) is 4.72 Å². The van der Waals surface area contributed by atoms with Crippen LogP contribution in [0.4, 0.5) is 14.5 Å². The van der Waals surface area contributed by atoms with E-state index >= 15 is 0 Å². The first kappa shape index (κ1) is 15.1. The molecule has 5 nitrogen and oxygen atoms in total. The molecule has 0 fully saturated rings. The van der Waals surface area contributed by atoms with Crippen LogP contribution in [0.3, 0.4) is 0 Å². The number of rotatable bonds is 5. The zero-order chi connectivity index (χ0) is 14.0. The number of anilines is 1. The highest BCUT2D eigenvalue weighted by Gasteiger charge is 2.30. The predicted molar refractivity (Wildman–Crippen MR) is 63.1 cm³/mol. The maximum Gasteiger partial charge on any atom is 0.283 e. The smallest absolute Gasteiger partial charge is 0.283 e. The highest BCUT2D eigenvalue weighted by molar-refractivity contribution is 7.89. The molecule has 0 aliphatic heterocycles. The number of benzene rings is 1. The maximum absolute atomic E-state index is 12.7. The zero-order valence-electron chi connectivity index (χ0n) is 9.03. The number of halogens is 3. The fourth-order valence-corrected chi connectivity index (χ4v) is 2.66. The molecule has 1 aromatic rings. The lowest BCUT2D eigenvalue weighted by Gasteiger charge is -2.14. The molecule has 0 amide bonds. The van der Waals surface area contributed by atoms with Gasteiger partial charge in [0, 0.05) is 5.69 Å². The van der Waals surface area contributed by atoms with Gasteiger partial charge in [-0.25, -0.2) is 21.9 Å². The number of alkyl halides is 2. The summed E-state index contributed by atoms with van der Waals surface area (Å²) in [6.45, 7) is -2.68. The standard InChI is InChI=1S/C9H11ClF2N2O3S/c10-7-2-1-6(13)3-8(7)18(16,17)14-4-9(11,12)5-15/h1-3,14-15H,4-5,13H2. The summed E-state index contributed by atoms with van der Waals surface area (Å²) in [6.07, 6.45) is 0. The van der Waals surface area contributed by atoms with E-state index in [1.807, 2.05) is 0 Å². The fraction of sp³-hybridized carbons (Fsp3) is 0.333. The maximum atomic E-state index is 12.7. The summed E-state index contributed by atoms with van der Waals surface area (Å²) in [5.41, 5.74) is 5.53. The van der Waals surface area contributed by atoms with E-state index in [9.17, 15) is 17.2 Å². The summed E-state index contributed by atoms with van der Waals surface area (Å²) in [6, 6.07) is 3.68. The minimum atomic E-state index is -4.21. The average Bonchev–Trinajstić information content (AvgIpc) is 2.30. The lowest BCUT2D eigenvalue weighted by atomic mass is 10.3. The van der Waals surface area contributed by atoms with Gasteiger partial charge < -0.3 is 10.8 Å². The number of hydrogen-bond acceptors (Lipinski definition) is 4. The Kier molecular flexibility index (Phi) is 4.49. The topological polar surface area (TPSA) is 92.4 Å². The Bertz CT molecular complexity index is 537. The summed E-state index contributed by atoms with van der Waals surface area (Å²) in [7, 11) is -4.21. The molecule has 1 aromatic carbocycles. The molecule has 4 N–H and O–H groups in total. The summed E-state index contributed by atoms with van der Waals surface area (Å²) >= 11 is 5.65. The molecule has 0 saturated carbocycles. The first-order valence-corrected chi connectivity index (χ1v) is 6.57. The van der Waals surface area contributed by atoms with Crippen LogP contribution in [0, 0.1) is 0 Å². The molecule has 0 aromatic heterocycles. The van der Waals surface area contributed by atoms with Gasteiger partial charge in [0.1, 0.15) is 11.5 Å². The fourth-order valence-electron chi connectivity index (χ4n) is 1.06. The van der Waals surface area contributed by atoms with Gasteiger partial charge in [-0.2, -0.15) is 0 Å². The van der Waals surface area contributed by atoms with Gasteiger partial charge in [-0.1, -0.05) is 11.6 Å². The van der Waals surface area contributed by atoms with Gasteiger partial charge >= 0.3 is 0 Å². The Hall–Kier alpha value is -0.960. The van der Waals surface area contributed by atoms with Gasteiger partial charge in [-0.05, 0) is 18.2 Å². The molecule has 0 spiro atoms. The normalized spacial score (nSPS) is 12.7. The second kappa shape index (κ2) is 5.35. The van der Waals surface area contributed by atoms with Crippen molar-refractivity contribution >= 4 is 27.3 Å². The van der Waals surface area contributed by atoms with Crippen molar-refractivity contribution in [3.63, 3.8) is 0 Å². The molecular weight excluding hydrogens is 290 g/mol. The molecule has 0 atom stereocenters. The summed E-state index contributed by atoms with van der Waals surface area (Å²) in [4.78, 5) is -0.391. The van der Waals surface area contributed by atoms with Crippen LogP contribution >= 0.6 is 11.6 Å². The van der Waals surface area contributed by atoms with Crippen molar-refractivity contribution in [3.8, 4) is 0 Å². The van der Waals surface area contributed by atoms with Gasteiger partial charge in [0.25, 0.3) is 5.92 Å². The first-order chi connectivity index (χ1) is 8.18. The van der Waals surface area contributed by atoms with Crippen LogP contribution < -0.4 is 10.5 Å². The van der Waals surface area contributed by atoms with Crippen LogP contribution in [0.1, 0.15) is 0 Å². The molecule has 102 valence electrons. The Balaban J connectivity index is 2.97. The van der Waals surface area contributed by atoms with Gasteiger partial charge in [0.2, 0.25) is 10.0 Å². The predicted octanol–water partition coefficient (Wildman–Crippen LogP) is 0.828. The third kappa shape index (κ3) is 3.77. The SMILES string of the molecule is Nc1ccc(Cl)c(S(=O)(=O)NCC(F)(F)CO)c1. The molecule has 9 heteroatoms. The Morgan fingerprint density at radius 3 is 2.61 bits per heavy atom. The number of nitrogen functional groups attached to an aromatic ring is 1. The van der Waals surface area contributed by atoms with E-state index < -0.39 is 34.0 Å². The lowest BCUT2D eigenvalue weighted by Crippen LogP contribution is -2.39. The molecule has 0 aliphatic rings. The number of nitrogens with two attached hydrogens (primary N) is 1. The molecule has 1 rings (SSSR count). The van der Waals surface area contributed by atoms with Crippen molar-refractivity contribution < 1.29 is 22.3 Å².